The molecule has 0 unspecified atom stereocenters. The summed E-state index contributed by atoms with van der Waals surface area (Å²) in [6, 6.07) is 7.43. The Morgan fingerprint density at radius 1 is 1.41 bits per heavy atom. The molecule has 90 valence electrons. The number of anilines is 1. The first-order valence-corrected chi connectivity index (χ1v) is 5.70. The number of aliphatic hydroxyl groups excluding tert-OH is 1. The van der Waals surface area contributed by atoms with Crippen molar-refractivity contribution >= 4 is 17.4 Å². The Balaban J connectivity index is 2.45. The molecular weight excluding hydrogens is 238 g/mol. The zero-order chi connectivity index (χ0) is 12.4. The molecule has 2 aromatic rings. The minimum Gasteiger partial charge on any atom is -0.394 e. The van der Waals surface area contributed by atoms with Gasteiger partial charge in [0.15, 0.2) is 0 Å². The Hall–Kier alpha value is -1.52. The summed E-state index contributed by atoms with van der Waals surface area (Å²) in [6.07, 6.45) is 0. The van der Waals surface area contributed by atoms with Crippen LogP contribution >= 0.6 is 11.6 Å². The van der Waals surface area contributed by atoms with Crippen LogP contribution in [0, 0.1) is 6.92 Å². The van der Waals surface area contributed by atoms with Crippen LogP contribution in [0.2, 0.25) is 5.02 Å². The number of aliphatic hydroxyl groups is 1. The maximum Gasteiger partial charge on any atom is 0.122 e. The smallest absolute Gasteiger partial charge is 0.122 e. The molecule has 0 bridgehead atoms. The van der Waals surface area contributed by atoms with Gasteiger partial charge in [-0.25, -0.2) is 4.68 Å². The van der Waals surface area contributed by atoms with Gasteiger partial charge in [-0.15, -0.1) is 0 Å². The van der Waals surface area contributed by atoms with Crippen LogP contribution in [0.4, 0.5) is 5.82 Å². The third-order valence-corrected chi connectivity index (χ3v) is 2.83. The van der Waals surface area contributed by atoms with Gasteiger partial charge in [0.1, 0.15) is 5.82 Å². The predicted octanol–water partition coefficient (Wildman–Crippen LogP) is 2.09. The number of nitrogen functional groups attached to an aromatic ring is 1. The first kappa shape index (κ1) is 12.0. The fourth-order valence-corrected chi connectivity index (χ4v) is 1.88. The van der Waals surface area contributed by atoms with Gasteiger partial charge in [-0.1, -0.05) is 17.7 Å². The van der Waals surface area contributed by atoms with E-state index in [1.54, 1.807) is 10.7 Å². The summed E-state index contributed by atoms with van der Waals surface area (Å²) in [5, 5.41) is 13.9. The number of nitrogens with two attached hydrogens (primary N) is 1. The van der Waals surface area contributed by atoms with Crippen molar-refractivity contribution in [2.75, 3.05) is 12.3 Å². The number of aromatic nitrogens is 2. The molecule has 5 heteroatoms. The van der Waals surface area contributed by atoms with E-state index in [2.05, 4.69) is 5.10 Å². The quantitative estimate of drug-likeness (QED) is 0.878. The molecule has 0 aliphatic rings. The molecule has 0 radical (unpaired) electrons. The largest absolute Gasteiger partial charge is 0.394 e. The molecule has 0 amide bonds. The van der Waals surface area contributed by atoms with Gasteiger partial charge in [0.2, 0.25) is 0 Å². The van der Waals surface area contributed by atoms with E-state index in [4.69, 9.17) is 22.4 Å². The Morgan fingerprint density at radius 2 is 2.18 bits per heavy atom. The monoisotopic (exact) mass is 251 g/mol. The first-order valence-electron chi connectivity index (χ1n) is 5.32. The van der Waals surface area contributed by atoms with Crippen LogP contribution in [0.1, 0.15) is 5.56 Å². The number of benzene rings is 1. The van der Waals surface area contributed by atoms with E-state index in [0.29, 0.717) is 17.4 Å². The Kier molecular flexibility index (Phi) is 3.36. The standard InChI is InChI=1S/C12H14ClN3O/c1-8-2-3-9(13)6-10(8)11-7-12(14)16(15-11)4-5-17/h2-3,6-7,17H,4-5,14H2,1H3. The summed E-state index contributed by atoms with van der Waals surface area (Å²) < 4.78 is 1.58. The van der Waals surface area contributed by atoms with Crippen molar-refractivity contribution < 1.29 is 5.11 Å². The van der Waals surface area contributed by atoms with Gasteiger partial charge in [0, 0.05) is 16.7 Å². The highest BCUT2D eigenvalue weighted by Gasteiger charge is 2.09. The molecular formula is C12H14ClN3O. The molecule has 0 atom stereocenters. The normalized spacial score (nSPS) is 10.8. The van der Waals surface area contributed by atoms with Crippen molar-refractivity contribution in [2.24, 2.45) is 0 Å². The second kappa shape index (κ2) is 4.77. The Morgan fingerprint density at radius 3 is 2.88 bits per heavy atom. The molecule has 1 aromatic carbocycles. The van der Waals surface area contributed by atoms with Crippen LogP contribution in [0.5, 0.6) is 0 Å². The summed E-state index contributed by atoms with van der Waals surface area (Å²) in [7, 11) is 0. The number of aryl methyl sites for hydroxylation is 1. The fraction of sp³-hybridized carbons (Fsp3) is 0.250. The molecule has 0 aliphatic carbocycles. The topological polar surface area (TPSA) is 64.1 Å². The second-order valence-electron chi connectivity index (χ2n) is 3.86. The number of hydrogen-bond donors (Lipinski definition) is 2. The van der Waals surface area contributed by atoms with E-state index in [1.165, 1.54) is 0 Å². The lowest BCUT2D eigenvalue weighted by Gasteiger charge is -2.03. The van der Waals surface area contributed by atoms with Crippen molar-refractivity contribution in [3.8, 4) is 11.3 Å². The third kappa shape index (κ3) is 2.43. The average Bonchev–Trinajstić information content (AvgIpc) is 2.64. The highest BCUT2D eigenvalue weighted by Crippen LogP contribution is 2.26. The van der Waals surface area contributed by atoms with Gasteiger partial charge in [-0.2, -0.15) is 5.10 Å². The van der Waals surface area contributed by atoms with Gasteiger partial charge in [0.25, 0.3) is 0 Å². The van der Waals surface area contributed by atoms with Gasteiger partial charge < -0.3 is 10.8 Å². The van der Waals surface area contributed by atoms with E-state index in [9.17, 15) is 0 Å². The highest BCUT2D eigenvalue weighted by atomic mass is 35.5. The summed E-state index contributed by atoms with van der Waals surface area (Å²) in [5.41, 5.74) is 8.63. The predicted molar refractivity (Wildman–Crippen MR) is 68.9 cm³/mol. The summed E-state index contributed by atoms with van der Waals surface area (Å²) >= 11 is 5.97. The van der Waals surface area contributed by atoms with Crippen LogP contribution < -0.4 is 5.73 Å². The molecule has 0 saturated carbocycles. The van der Waals surface area contributed by atoms with Crippen LogP contribution in [0.3, 0.4) is 0 Å². The van der Waals surface area contributed by atoms with Crippen LogP contribution in [0.25, 0.3) is 11.3 Å². The number of nitrogens with zero attached hydrogens (tertiary/aromatic N) is 2. The van der Waals surface area contributed by atoms with Gasteiger partial charge >= 0.3 is 0 Å². The third-order valence-electron chi connectivity index (χ3n) is 2.60. The molecule has 0 saturated heterocycles. The Labute approximate surface area is 105 Å². The molecule has 2 rings (SSSR count). The van der Waals surface area contributed by atoms with Crippen LogP contribution in [0.15, 0.2) is 24.3 Å². The van der Waals surface area contributed by atoms with E-state index in [1.807, 2.05) is 25.1 Å². The zero-order valence-electron chi connectivity index (χ0n) is 9.52. The maximum absolute atomic E-state index is 8.89. The van der Waals surface area contributed by atoms with Crippen LogP contribution in [-0.2, 0) is 6.54 Å². The van der Waals surface area contributed by atoms with Gasteiger partial charge in [0.05, 0.1) is 18.8 Å². The lowest BCUT2D eigenvalue weighted by Crippen LogP contribution is -2.07. The van der Waals surface area contributed by atoms with E-state index in [-0.39, 0.29) is 6.61 Å². The number of halogens is 1. The van der Waals surface area contributed by atoms with Crippen molar-refractivity contribution in [3.05, 3.63) is 34.9 Å². The summed E-state index contributed by atoms with van der Waals surface area (Å²) in [4.78, 5) is 0. The van der Waals surface area contributed by atoms with E-state index in [0.717, 1.165) is 16.8 Å². The Bertz CT molecular complexity index is 537. The zero-order valence-corrected chi connectivity index (χ0v) is 10.3. The first-order chi connectivity index (χ1) is 8.11. The van der Waals surface area contributed by atoms with Crippen molar-refractivity contribution in [1.82, 2.24) is 9.78 Å². The lowest BCUT2D eigenvalue weighted by molar-refractivity contribution is 0.270. The van der Waals surface area contributed by atoms with Gasteiger partial charge in [-0.05, 0) is 24.6 Å². The molecule has 0 aliphatic heterocycles. The minimum atomic E-state index is 0.0137. The highest BCUT2D eigenvalue weighted by molar-refractivity contribution is 6.30. The maximum atomic E-state index is 8.89. The van der Waals surface area contributed by atoms with Crippen LogP contribution in [-0.4, -0.2) is 21.5 Å². The molecule has 0 spiro atoms. The van der Waals surface area contributed by atoms with E-state index >= 15 is 0 Å². The average molecular weight is 252 g/mol. The number of rotatable bonds is 3. The fourth-order valence-electron chi connectivity index (χ4n) is 1.71. The SMILES string of the molecule is Cc1ccc(Cl)cc1-c1cc(N)n(CCO)n1. The number of hydrogen-bond acceptors (Lipinski definition) is 3. The van der Waals surface area contributed by atoms with E-state index < -0.39 is 0 Å². The lowest BCUT2D eigenvalue weighted by atomic mass is 10.1. The molecule has 1 aromatic heterocycles. The molecule has 17 heavy (non-hydrogen) atoms. The second-order valence-corrected chi connectivity index (χ2v) is 4.30. The summed E-state index contributed by atoms with van der Waals surface area (Å²) in [6.45, 7) is 2.40. The molecule has 1 heterocycles. The minimum absolute atomic E-state index is 0.0137. The summed E-state index contributed by atoms with van der Waals surface area (Å²) in [5.74, 6) is 0.536. The van der Waals surface area contributed by atoms with Crippen molar-refractivity contribution in [1.29, 1.82) is 0 Å². The molecule has 4 nitrogen and oxygen atoms in total. The molecule has 3 N–H and O–H groups in total. The van der Waals surface area contributed by atoms with Gasteiger partial charge in [-0.3, -0.25) is 0 Å². The molecule has 0 fully saturated rings. The van der Waals surface area contributed by atoms with Crippen molar-refractivity contribution in [3.63, 3.8) is 0 Å². The van der Waals surface area contributed by atoms with Crippen molar-refractivity contribution in [2.45, 2.75) is 13.5 Å².